The molecule has 0 unspecified atom stereocenters. The Kier molecular flexibility index (Phi) is 36.0. The highest BCUT2D eigenvalue weighted by Gasteiger charge is 2.29. The number of nitrogens with two attached hydrogens (primary N) is 2. The summed E-state index contributed by atoms with van der Waals surface area (Å²) < 4.78 is 35.0. The van der Waals surface area contributed by atoms with Crippen molar-refractivity contribution in [2.24, 2.45) is 0 Å². The van der Waals surface area contributed by atoms with Crippen molar-refractivity contribution in [3.63, 3.8) is 0 Å². The van der Waals surface area contributed by atoms with E-state index in [-0.39, 0.29) is 38.8 Å². The van der Waals surface area contributed by atoms with Crippen molar-refractivity contribution in [1.29, 1.82) is 15.8 Å². The van der Waals surface area contributed by atoms with Crippen molar-refractivity contribution in [3.05, 3.63) is 279 Å². The molecule has 0 radical (unpaired) electrons. The lowest BCUT2D eigenvalue weighted by Crippen LogP contribution is -2.41. The van der Waals surface area contributed by atoms with E-state index in [1.807, 2.05) is 154 Å². The lowest BCUT2D eigenvalue weighted by atomic mass is 9.90. The van der Waals surface area contributed by atoms with Gasteiger partial charge in [-0.25, -0.2) is 12.4 Å². The molecule has 9 heterocycles. The number of nitro benzene ring substituents is 2. The van der Waals surface area contributed by atoms with Crippen molar-refractivity contribution in [2.45, 2.75) is 168 Å². The number of likely N-dealkylation sites (tertiary alicyclic amines) is 2. The molecule has 3 aliphatic rings. The number of nitriles is 3. The molecular formula is C104H109I2N19O9S. The fourth-order valence-corrected chi connectivity index (χ4v) is 18.8. The number of nitro groups is 2. The summed E-state index contributed by atoms with van der Waals surface area (Å²) in [6.45, 7) is 27.2. The number of piperidine rings is 2. The molecule has 2 saturated heterocycles. The number of hydrogen-bond acceptors (Lipinski definition) is 20. The second-order valence-electron chi connectivity index (χ2n) is 33.4. The number of aryl methyl sites for hydroxylation is 4. The summed E-state index contributed by atoms with van der Waals surface area (Å²) in [6.07, 6.45) is 19.6. The number of aromatic nitrogens is 7. The minimum Gasteiger partial charge on any atom is -0.398 e. The van der Waals surface area contributed by atoms with Crippen LogP contribution in [0.4, 0.5) is 39.8 Å². The molecule has 135 heavy (non-hydrogen) atoms. The summed E-state index contributed by atoms with van der Waals surface area (Å²) >= 11 is 4.20. The number of non-ortho nitro benzene ring substituents is 1. The molecule has 28 nitrogen and oxygen atoms in total. The molecule has 694 valence electrons. The van der Waals surface area contributed by atoms with Gasteiger partial charge in [0.1, 0.15) is 5.78 Å². The van der Waals surface area contributed by atoms with E-state index in [2.05, 4.69) is 178 Å². The van der Waals surface area contributed by atoms with Crippen LogP contribution in [0.5, 0.6) is 0 Å². The molecule has 2 fully saturated rings. The van der Waals surface area contributed by atoms with Crippen LogP contribution in [0.3, 0.4) is 0 Å². The summed E-state index contributed by atoms with van der Waals surface area (Å²) in [6, 6.07) is 62.4. The second kappa shape index (κ2) is 47.3. The Morgan fingerprint density at radius 1 is 0.556 bits per heavy atom. The maximum atomic E-state index is 12.8. The zero-order valence-electron chi connectivity index (χ0n) is 77.4. The molecule has 0 saturated carbocycles. The molecule has 0 bridgehead atoms. The molecule has 7 N–H and O–H groups in total. The minimum atomic E-state index is -3.81. The third-order valence-corrected chi connectivity index (χ3v) is 26.7. The number of pyridine rings is 3. The van der Waals surface area contributed by atoms with Gasteiger partial charge in [-0.2, -0.15) is 15.8 Å². The number of terminal acetylenes is 1. The number of Topliss-reactive ketones (excluding diaryl/α,β-unsaturated/α-hetero) is 1. The number of fused-ring (bicyclic) bond motifs is 5. The number of nitrogens with zero attached hydrogens (tertiary/aromatic N) is 14. The Labute approximate surface area is 815 Å². The van der Waals surface area contributed by atoms with Crippen molar-refractivity contribution in [2.75, 3.05) is 66.7 Å². The monoisotopic (exact) mass is 2050 g/mol. The van der Waals surface area contributed by atoms with Gasteiger partial charge in [0, 0.05) is 137 Å². The highest BCUT2D eigenvalue weighted by Crippen LogP contribution is 2.36. The number of allylic oxidation sites excluding steroid dienone is 1. The van der Waals surface area contributed by atoms with Gasteiger partial charge in [-0.1, -0.05) is 84.7 Å². The number of halogens is 2. The van der Waals surface area contributed by atoms with Crippen LogP contribution in [0, 0.1) is 97.6 Å². The largest absolute Gasteiger partial charge is 0.398 e. The highest BCUT2D eigenvalue weighted by atomic mass is 127. The minimum absolute atomic E-state index is 0.0764. The van der Waals surface area contributed by atoms with E-state index in [1.54, 1.807) is 60.7 Å². The Bertz CT molecular complexity index is 6930. The van der Waals surface area contributed by atoms with Gasteiger partial charge in [0.25, 0.3) is 21.4 Å². The van der Waals surface area contributed by atoms with E-state index < -0.39 is 31.2 Å². The number of carbonyl (C=O) groups is 3. The average Bonchev–Trinajstić information content (AvgIpc) is 1.60. The summed E-state index contributed by atoms with van der Waals surface area (Å²) in [5.41, 5.74) is 25.8. The Balaban J connectivity index is 0.000000170. The summed E-state index contributed by atoms with van der Waals surface area (Å²) in [5.74, 6) is 16.1. The normalized spacial score (nSPS) is 12.6. The van der Waals surface area contributed by atoms with Crippen molar-refractivity contribution in [1.82, 2.24) is 42.4 Å². The van der Waals surface area contributed by atoms with Gasteiger partial charge in [-0.15, -0.1) is 12.3 Å². The summed E-state index contributed by atoms with van der Waals surface area (Å²) in [5, 5.41) is 63.0. The standard InChI is InChI=1S/C29H34N6O.C22H23N5.C14H9IN2O4S.C13H14N2.C10H11IN2.C9H7NO2.C7H11NO2/c1-5-35-24(8-7-15-31-23-11-12-28(32-19-23)29(3,4)20-30)18-25-26(9-6-10-27(25)35)33-22-13-16-34(17-14-22)21(2)36;1-4-27-17(13-18-19(24)8-5-9-20(18)27)7-6-12-25-16-10-11-21(26-14-16)22(2,3)15-23;15-14-9-11-12(7-4-8-13(11)17(18)19)16(14)22(20,21)10-5-2-1-3-6-10;1-4-5-6-11-7-8-12(15-9-11)13(2,3)10-14;1-2-13-9-5-3-4-8(12)7(9)6-10(13)11;11-10(12)9-6-2-4-7-3-1-5-8(7)9;1-6(9)8-4-2-7(10)3-5-8/h6,9-12,18-19,22,31,33H,5,13-17H2,1-4H3;5,8-11,13-14,25H,4,12,24H2,1-3H3;1-9H;1,7-9H,5-6H2,2-3H3;3-6H,2,12H2,1H3;1-2,4-6H,3H2;2-5H2,1H3. The molecule has 1 aliphatic carbocycles. The molecule has 0 atom stereocenters. The number of rotatable bonds is 18. The van der Waals surface area contributed by atoms with Crippen LogP contribution in [-0.2, 0) is 73.1 Å². The van der Waals surface area contributed by atoms with E-state index in [0.29, 0.717) is 59.7 Å². The number of benzene rings is 6. The molecule has 0 spiro atoms. The van der Waals surface area contributed by atoms with Crippen LogP contribution in [0.1, 0.15) is 153 Å². The SMILES string of the molecule is C#CCCc1ccc(C(C)(C)C#N)nc1.CC(=O)N1CCC(=O)CC1.CCn1c(C#CCNc2ccc(C(C)(C)C#N)nc2)cc2c(N)cccc21.CCn1c(C#CCNc2ccc(C(C)(C)C#N)nc2)cc2c(NC3CCN(C(C)=O)CC3)cccc21.CCn1c(I)cc2c(N)cccc21.O=[N+]([O-])c1cccc2c1C=CC2.O=[N+]([O-])c1cccc2c1cc(I)n2S(=O)(=O)c1ccccc1. The van der Waals surface area contributed by atoms with Crippen LogP contribution in [-0.4, -0.2) is 124 Å². The molecule has 16 rings (SSSR count). The van der Waals surface area contributed by atoms with E-state index in [4.69, 9.17) is 23.2 Å². The van der Waals surface area contributed by atoms with Gasteiger partial charge in [-0.05, 0) is 265 Å². The molecule has 2 amide bonds. The number of amides is 2. The smallest absolute Gasteiger partial charge is 0.278 e. The highest BCUT2D eigenvalue weighted by molar-refractivity contribution is 14.1. The fourth-order valence-electron chi connectivity index (χ4n) is 15.2. The first kappa shape index (κ1) is 103. The van der Waals surface area contributed by atoms with Gasteiger partial charge >= 0.3 is 0 Å². The maximum absolute atomic E-state index is 12.8. The first-order chi connectivity index (χ1) is 64.5. The zero-order valence-corrected chi connectivity index (χ0v) is 82.6. The predicted octanol–water partition coefficient (Wildman–Crippen LogP) is 19.7. The number of nitrogen functional groups attached to an aromatic ring is 2. The lowest BCUT2D eigenvalue weighted by Gasteiger charge is -2.32. The van der Waals surface area contributed by atoms with E-state index >= 15 is 0 Å². The Morgan fingerprint density at radius 3 is 1.50 bits per heavy atom. The number of carbonyl (C=O) groups excluding carboxylic acids is 3. The average molecular weight is 2060 g/mol. The third kappa shape index (κ3) is 26.4. The van der Waals surface area contributed by atoms with E-state index in [1.165, 1.54) is 63.4 Å². The lowest BCUT2D eigenvalue weighted by molar-refractivity contribution is -0.385. The summed E-state index contributed by atoms with van der Waals surface area (Å²) in [4.78, 5) is 70.7. The van der Waals surface area contributed by atoms with Crippen LogP contribution in [0.15, 0.2) is 212 Å². The van der Waals surface area contributed by atoms with Gasteiger partial charge < -0.3 is 50.9 Å². The Hall–Kier alpha value is -14.4. The van der Waals surface area contributed by atoms with Crippen molar-refractivity contribution >= 4 is 162 Å². The molecule has 13 aromatic rings. The molecule has 31 heteroatoms. The molecular weight excluding hydrogens is 1950 g/mol. The molecule has 7 aromatic heterocycles. The van der Waals surface area contributed by atoms with Gasteiger partial charge in [0.15, 0.2) is 0 Å². The number of anilines is 5. The predicted molar refractivity (Wildman–Crippen MR) is 552 cm³/mol. The van der Waals surface area contributed by atoms with Gasteiger partial charge in [-0.3, -0.25) is 49.6 Å². The van der Waals surface area contributed by atoms with E-state index in [9.17, 15) is 53.6 Å². The van der Waals surface area contributed by atoms with Gasteiger partial charge in [0.2, 0.25) is 11.8 Å². The maximum Gasteiger partial charge on any atom is 0.278 e. The Morgan fingerprint density at radius 2 is 1.01 bits per heavy atom. The first-order valence-electron chi connectivity index (χ1n) is 44.0. The molecule has 6 aromatic carbocycles. The second-order valence-corrected chi connectivity index (χ2v) is 37.4. The number of nitrogens with one attached hydrogen (secondary N) is 3. The van der Waals surface area contributed by atoms with Gasteiger partial charge in [0.05, 0.1) is 155 Å². The fraction of sp³-hybridized carbons (Fsp3) is 0.298. The summed E-state index contributed by atoms with van der Waals surface area (Å²) in [7, 11) is -3.81. The number of hydrogen-bond donors (Lipinski definition) is 5. The number of ketones is 1. The van der Waals surface area contributed by atoms with Crippen LogP contribution < -0.4 is 27.4 Å². The van der Waals surface area contributed by atoms with Crippen LogP contribution in [0.25, 0.3) is 49.7 Å². The van der Waals surface area contributed by atoms with Crippen LogP contribution >= 0.6 is 45.2 Å². The van der Waals surface area contributed by atoms with E-state index in [0.717, 1.165) is 159 Å². The third-order valence-electron chi connectivity index (χ3n) is 22.9. The quantitative estimate of drug-likeness (QED) is 0.0175. The topological polar surface area (TPSA) is 396 Å². The molecule has 2 aliphatic heterocycles. The van der Waals surface area contributed by atoms with Crippen molar-refractivity contribution in [3.8, 4) is 54.2 Å². The van der Waals surface area contributed by atoms with Crippen molar-refractivity contribution < 1.29 is 32.6 Å². The first-order valence-corrected chi connectivity index (χ1v) is 47.6. The van der Waals surface area contributed by atoms with Crippen LogP contribution in [0.2, 0.25) is 0 Å². The zero-order chi connectivity index (χ0) is 97.9.